The molecule has 0 aromatic heterocycles. The molecule has 0 fully saturated rings. The molecule has 0 aromatic rings. The second-order valence-electron chi connectivity index (χ2n) is 5.40. The first-order valence-corrected chi connectivity index (χ1v) is 6.11. The summed E-state index contributed by atoms with van der Waals surface area (Å²) in [6, 6.07) is 0. The molecule has 0 saturated carbocycles. The van der Waals surface area contributed by atoms with Crippen molar-refractivity contribution in [3.05, 3.63) is 0 Å². The van der Waals surface area contributed by atoms with E-state index >= 15 is 0 Å². The predicted molar refractivity (Wildman–Crippen MR) is 63.4 cm³/mol. The molecule has 0 bridgehead atoms. The quantitative estimate of drug-likeness (QED) is 0.658. The molecule has 2 atom stereocenters. The van der Waals surface area contributed by atoms with Gasteiger partial charge in [0.2, 0.25) is 0 Å². The first-order valence-electron chi connectivity index (χ1n) is 6.11. The molecule has 1 nitrogen and oxygen atoms in total. The van der Waals surface area contributed by atoms with Gasteiger partial charge in [0.25, 0.3) is 0 Å². The van der Waals surface area contributed by atoms with E-state index in [0.717, 1.165) is 12.8 Å². The van der Waals surface area contributed by atoms with Gasteiger partial charge in [-0.1, -0.05) is 47.5 Å². The third-order valence-corrected chi connectivity index (χ3v) is 3.18. The van der Waals surface area contributed by atoms with Crippen LogP contribution in [-0.4, -0.2) is 11.2 Å². The van der Waals surface area contributed by atoms with Gasteiger partial charge >= 0.3 is 0 Å². The fraction of sp³-hybridized carbons (Fsp3) is 1.00. The minimum atomic E-state index is -0.105. The Hall–Kier alpha value is -0.0400. The number of hydrogen-bond acceptors (Lipinski definition) is 1. The van der Waals surface area contributed by atoms with Crippen LogP contribution in [0.15, 0.2) is 0 Å². The second kappa shape index (κ2) is 6.44. The van der Waals surface area contributed by atoms with Gasteiger partial charge in [-0.2, -0.15) is 0 Å². The van der Waals surface area contributed by atoms with Crippen molar-refractivity contribution in [1.29, 1.82) is 0 Å². The van der Waals surface area contributed by atoms with Gasteiger partial charge < -0.3 is 5.11 Å². The minimum Gasteiger partial charge on any atom is -0.393 e. The van der Waals surface area contributed by atoms with Crippen LogP contribution < -0.4 is 0 Å². The van der Waals surface area contributed by atoms with Crippen molar-refractivity contribution in [2.45, 2.75) is 72.8 Å². The van der Waals surface area contributed by atoms with E-state index in [1.54, 1.807) is 0 Å². The van der Waals surface area contributed by atoms with Crippen molar-refractivity contribution in [1.82, 2.24) is 0 Å². The zero-order valence-electron chi connectivity index (χ0n) is 10.6. The van der Waals surface area contributed by atoms with Crippen LogP contribution >= 0.6 is 0 Å². The molecular formula is C13H28O. The maximum Gasteiger partial charge on any atom is 0.0547 e. The lowest BCUT2D eigenvalue weighted by atomic mass is 9.77. The fourth-order valence-corrected chi connectivity index (χ4v) is 2.22. The SMILES string of the molecule is CCCC(C)(CC)CC(O)CC(C)C. The van der Waals surface area contributed by atoms with Crippen LogP contribution in [0.25, 0.3) is 0 Å². The molecule has 1 N–H and O–H groups in total. The highest BCUT2D eigenvalue weighted by Gasteiger charge is 2.24. The predicted octanol–water partition coefficient (Wildman–Crippen LogP) is 4.00. The number of aliphatic hydroxyl groups excluding tert-OH is 1. The highest BCUT2D eigenvalue weighted by atomic mass is 16.3. The molecule has 0 amide bonds. The van der Waals surface area contributed by atoms with Crippen molar-refractivity contribution in [2.24, 2.45) is 11.3 Å². The van der Waals surface area contributed by atoms with Gasteiger partial charge in [0, 0.05) is 0 Å². The van der Waals surface area contributed by atoms with E-state index in [1.165, 1.54) is 19.3 Å². The molecule has 0 aliphatic carbocycles. The van der Waals surface area contributed by atoms with Gasteiger partial charge in [-0.05, 0) is 30.6 Å². The summed E-state index contributed by atoms with van der Waals surface area (Å²) < 4.78 is 0. The maximum absolute atomic E-state index is 9.91. The lowest BCUT2D eigenvalue weighted by molar-refractivity contribution is 0.0804. The Labute approximate surface area is 89.9 Å². The number of aliphatic hydroxyl groups is 1. The largest absolute Gasteiger partial charge is 0.393 e. The van der Waals surface area contributed by atoms with E-state index < -0.39 is 0 Å². The Morgan fingerprint density at radius 1 is 1.21 bits per heavy atom. The molecule has 0 radical (unpaired) electrons. The van der Waals surface area contributed by atoms with E-state index in [-0.39, 0.29) is 6.10 Å². The highest BCUT2D eigenvalue weighted by molar-refractivity contribution is 4.76. The smallest absolute Gasteiger partial charge is 0.0547 e. The monoisotopic (exact) mass is 200 g/mol. The standard InChI is InChI=1S/C13H28O/c1-6-8-13(5,7-2)10-12(14)9-11(3)4/h11-12,14H,6-10H2,1-5H3. The fourth-order valence-electron chi connectivity index (χ4n) is 2.22. The molecule has 2 unspecified atom stereocenters. The average Bonchev–Trinajstić information content (AvgIpc) is 2.02. The van der Waals surface area contributed by atoms with Gasteiger partial charge in [0.05, 0.1) is 6.10 Å². The lowest BCUT2D eigenvalue weighted by Gasteiger charge is -2.30. The zero-order valence-corrected chi connectivity index (χ0v) is 10.6. The van der Waals surface area contributed by atoms with Crippen LogP contribution in [0.2, 0.25) is 0 Å². The lowest BCUT2D eigenvalue weighted by Crippen LogP contribution is -2.24. The van der Waals surface area contributed by atoms with Crippen LogP contribution in [0.3, 0.4) is 0 Å². The molecule has 86 valence electrons. The summed E-state index contributed by atoms with van der Waals surface area (Å²) in [4.78, 5) is 0. The highest BCUT2D eigenvalue weighted by Crippen LogP contribution is 2.33. The van der Waals surface area contributed by atoms with E-state index in [2.05, 4.69) is 34.6 Å². The molecule has 14 heavy (non-hydrogen) atoms. The van der Waals surface area contributed by atoms with E-state index in [4.69, 9.17) is 0 Å². The normalized spacial score (nSPS) is 18.2. The third kappa shape index (κ3) is 5.64. The maximum atomic E-state index is 9.91. The second-order valence-corrected chi connectivity index (χ2v) is 5.40. The summed E-state index contributed by atoms with van der Waals surface area (Å²) in [6.07, 6.45) is 5.44. The van der Waals surface area contributed by atoms with Crippen LogP contribution in [0.1, 0.15) is 66.7 Å². The van der Waals surface area contributed by atoms with Crippen LogP contribution in [0.5, 0.6) is 0 Å². The molecule has 0 spiro atoms. The molecule has 0 aliphatic rings. The average molecular weight is 200 g/mol. The topological polar surface area (TPSA) is 20.2 Å². The summed E-state index contributed by atoms with van der Waals surface area (Å²) >= 11 is 0. The number of rotatable bonds is 7. The van der Waals surface area contributed by atoms with E-state index in [1.807, 2.05) is 0 Å². The first-order chi connectivity index (χ1) is 6.43. The van der Waals surface area contributed by atoms with Crippen molar-refractivity contribution in [3.8, 4) is 0 Å². The van der Waals surface area contributed by atoms with Crippen molar-refractivity contribution in [3.63, 3.8) is 0 Å². The molecule has 1 heteroatoms. The molecule has 0 saturated heterocycles. The Bertz CT molecular complexity index is 142. The van der Waals surface area contributed by atoms with Gasteiger partial charge in [0.1, 0.15) is 0 Å². The third-order valence-electron chi connectivity index (χ3n) is 3.18. The van der Waals surface area contributed by atoms with Crippen molar-refractivity contribution in [2.75, 3.05) is 0 Å². The van der Waals surface area contributed by atoms with Crippen LogP contribution in [-0.2, 0) is 0 Å². The molecule has 0 rings (SSSR count). The van der Waals surface area contributed by atoms with Gasteiger partial charge in [0.15, 0.2) is 0 Å². The summed E-state index contributed by atoms with van der Waals surface area (Å²) in [5.41, 5.74) is 0.350. The number of hydrogen-bond donors (Lipinski definition) is 1. The Balaban J connectivity index is 4.02. The van der Waals surface area contributed by atoms with Crippen LogP contribution in [0, 0.1) is 11.3 Å². The van der Waals surface area contributed by atoms with E-state index in [9.17, 15) is 5.11 Å². The molecule has 0 heterocycles. The van der Waals surface area contributed by atoms with E-state index in [0.29, 0.717) is 11.3 Å². The van der Waals surface area contributed by atoms with Crippen molar-refractivity contribution < 1.29 is 5.11 Å². The summed E-state index contributed by atoms with van der Waals surface area (Å²) in [5.74, 6) is 0.604. The zero-order chi connectivity index (χ0) is 11.2. The van der Waals surface area contributed by atoms with Gasteiger partial charge in [-0.15, -0.1) is 0 Å². The Kier molecular flexibility index (Phi) is 6.43. The summed E-state index contributed by atoms with van der Waals surface area (Å²) in [7, 11) is 0. The molecule has 0 aromatic carbocycles. The van der Waals surface area contributed by atoms with Gasteiger partial charge in [-0.3, -0.25) is 0 Å². The first kappa shape index (κ1) is 14.0. The molecular weight excluding hydrogens is 172 g/mol. The Morgan fingerprint density at radius 3 is 2.14 bits per heavy atom. The van der Waals surface area contributed by atoms with Gasteiger partial charge in [-0.25, -0.2) is 0 Å². The summed E-state index contributed by atoms with van der Waals surface area (Å²) in [6.45, 7) is 11.1. The summed E-state index contributed by atoms with van der Waals surface area (Å²) in [5, 5.41) is 9.91. The minimum absolute atomic E-state index is 0.105. The van der Waals surface area contributed by atoms with Crippen molar-refractivity contribution >= 4 is 0 Å². The molecule has 0 aliphatic heterocycles. The van der Waals surface area contributed by atoms with Crippen LogP contribution in [0.4, 0.5) is 0 Å². The Morgan fingerprint density at radius 2 is 1.79 bits per heavy atom.